The monoisotopic (exact) mass is 88.1 g/mol. The maximum Gasteiger partial charge on any atom is 0.173 e. The molecule has 0 aromatic rings. The maximum absolute atomic E-state index is 8.09. The first kappa shape index (κ1) is 5.66. The van der Waals surface area contributed by atoms with E-state index in [9.17, 15) is 0 Å². The summed E-state index contributed by atoms with van der Waals surface area (Å²) in [6, 6.07) is 0. The van der Waals surface area contributed by atoms with E-state index in [0.717, 1.165) is 0 Å². The Balaban J connectivity index is 3.26. The molecule has 2 nitrogen and oxygen atoms in total. The lowest BCUT2D eigenvalue weighted by Crippen LogP contribution is -2.03. The summed E-state index contributed by atoms with van der Waals surface area (Å²) >= 11 is 0. The summed E-state index contributed by atoms with van der Waals surface area (Å²) in [6.07, 6.45) is -1.34. The topological polar surface area (TPSA) is 40.5 Å². The van der Waals surface area contributed by atoms with Crippen molar-refractivity contribution < 1.29 is 10.2 Å². The Kier molecular flexibility index (Phi) is 1.84. The van der Waals surface area contributed by atoms with Gasteiger partial charge in [-0.2, -0.15) is 0 Å². The van der Waals surface area contributed by atoms with Gasteiger partial charge in [0, 0.05) is 0 Å². The van der Waals surface area contributed by atoms with Crippen molar-refractivity contribution in [3.63, 3.8) is 0 Å². The molecule has 0 rings (SSSR count). The number of rotatable bonds is 1. The Morgan fingerprint density at radius 1 is 1.67 bits per heavy atom. The van der Waals surface area contributed by atoms with Crippen LogP contribution in [-0.4, -0.2) is 16.5 Å². The van der Waals surface area contributed by atoms with Crippen LogP contribution >= 0.6 is 0 Å². The molecule has 2 N–H and O–H groups in total. The van der Waals surface area contributed by atoms with Gasteiger partial charge < -0.3 is 10.2 Å². The quantitative estimate of drug-likeness (QED) is 0.346. The molecule has 0 fully saturated rings. The van der Waals surface area contributed by atoms with Gasteiger partial charge >= 0.3 is 0 Å². The van der Waals surface area contributed by atoms with Crippen LogP contribution in [0, 0.1) is 0 Å². The minimum Gasteiger partial charge on any atom is -0.365 e. The van der Waals surface area contributed by atoms with Crippen molar-refractivity contribution in [1.29, 1.82) is 0 Å². The molecule has 0 spiro atoms. The van der Waals surface area contributed by atoms with Crippen molar-refractivity contribution in [3.05, 3.63) is 12.2 Å². The smallest absolute Gasteiger partial charge is 0.173 e. The van der Waals surface area contributed by atoms with Crippen LogP contribution in [-0.2, 0) is 0 Å². The second-order valence-corrected chi connectivity index (χ2v) is 1.22. The van der Waals surface area contributed by atoms with Gasteiger partial charge in [0.05, 0.1) is 0 Å². The number of aliphatic hydroxyl groups excluding tert-OH is 1. The molecule has 2 heteroatoms. The summed E-state index contributed by atoms with van der Waals surface area (Å²) in [7, 11) is 0. The van der Waals surface area contributed by atoms with Gasteiger partial charge in [-0.15, -0.1) is 0 Å². The first-order chi connectivity index (χ1) is 2.64. The van der Waals surface area contributed by atoms with Crippen LogP contribution in [0.25, 0.3) is 0 Å². The Morgan fingerprint density at radius 2 is 1.83 bits per heavy atom. The van der Waals surface area contributed by atoms with Gasteiger partial charge in [0.25, 0.3) is 0 Å². The van der Waals surface area contributed by atoms with Gasteiger partial charge in [-0.1, -0.05) is 6.58 Å². The molecule has 0 saturated heterocycles. The van der Waals surface area contributed by atoms with E-state index >= 15 is 0 Å². The van der Waals surface area contributed by atoms with Crippen molar-refractivity contribution in [2.24, 2.45) is 0 Å². The van der Waals surface area contributed by atoms with Crippen LogP contribution in [0.15, 0.2) is 12.2 Å². The third-order valence-corrected chi connectivity index (χ3v) is 0.441. The number of hydrogen-bond donors (Lipinski definition) is 2. The van der Waals surface area contributed by atoms with Crippen molar-refractivity contribution in [2.75, 3.05) is 0 Å². The molecule has 0 aromatic heterocycles. The van der Waals surface area contributed by atoms with Crippen LogP contribution in [0.5, 0.6) is 0 Å². The lowest BCUT2D eigenvalue weighted by atomic mass is 10.3. The molecule has 0 aromatic carbocycles. The van der Waals surface area contributed by atoms with Gasteiger partial charge in [-0.3, -0.25) is 0 Å². The van der Waals surface area contributed by atoms with Crippen LogP contribution in [0.2, 0.25) is 0 Å². The molecule has 0 heterocycles. The van der Waals surface area contributed by atoms with Crippen molar-refractivity contribution in [2.45, 2.75) is 13.2 Å². The predicted octanol–water partition coefficient (Wildman–Crippen LogP) is -0.127. The Labute approximate surface area is 36.7 Å². The van der Waals surface area contributed by atoms with E-state index in [2.05, 4.69) is 6.58 Å². The van der Waals surface area contributed by atoms with Crippen molar-refractivity contribution in [1.82, 2.24) is 0 Å². The van der Waals surface area contributed by atoms with E-state index in [-0.39, 0.29) is 0 Å². The van der Waals surface area contributed by atoms with Gasteiger partial charge in [-0.05, 0) is 12.5 Å². The molecule has 0 aliphatic heterocycles. The van der Waals surface area contributed by atoms with E-state index < -0.39 is 6.29 Å². The Hall–Kier alpha value is -0.340. The zero-order valence-electron chi connectivity index (χ0n) is 3.68. The van der Waals surface area contributed by atoms with Gasteiger partial charge in [-0.25, -0.2) is 0 Å². The summed E-state index contributed by atoms with van der Waals surface area (Å²) in [4.78, 5) is 0. The Morgan fingerprint density at radius 3 is 1.83 bits per heavy atom. The van der Waals surface area contributed by atoms with E-state index in [0.29, 0.717) is 5.57 Å². The van der Waals surface area contributed by atoms with E-state index in [4.69, 9.17) is 10.2 Å². The number of hydrogen-bond acceptors (Lipinski definition) is 2. The van der Waals surface area contributed by atoms with Crippen LogP contribution < -0.4 is 0 Å². The maximum atomic E-state index is 8.09. The van der Waals surface area contributed by atoms with Crippen LogP contribution in [0.1, 0.15) is 6.92 Å². The normalized spacial score (nSPS) is 9.33. The highest BCUT2D eigenvalue weighted by atomic mass is 16.5. The predicted molar refractivity (Wildman–Crippen MR) is 23.0 cm³/mol. The lowest BCUT2D eigenvalue weighted by molar-refractivity contribution is -0.00724. The van der Waals surface area contributed by atoms with Gasteiger partial charge in [0.2, 0.25) is 0 Å². The summed E-state index contributed by atoms with van der Waals surface area (Å²) in [5.74, 6) is 0. The average Bonchev–Trinajstić information content (AvgIpc) is 1.36. The first-order valence-corrected chi connectivity index (χ1v) is 1.66. The highest BCUT2D eigenvalue weighted by Gasteiger charge is 1.91. The second kappa shape index (κ2) is 1.95. The second-order valence-electron chi connectivity index (χ2n) is 1.22. The highest BCUT2D eigenvalue weighted by molar-refractivity contribution is 4.89. The largest absolute Gasteiger partial charge is 0.365 e. The fourth-order valence-corrected chi connectivity index (χ4v) is 0. The summed E-state index contributed by atoms with van der Waals surface area (Å²) in [6.45, 7) is 4.80. The zero-order valence-corrected chi connectivity index (χ0v) is 3.68. The molecular formula is C4H8O2. The minimum atomic E-state index is -1.34. The number of aliphatic hydroxyl groups is 2. The fourth-order valence-electron chi connectivity index (χ4n) is 0. The third-order valence-electron chi connectivity index (χ3n) is 0.441. The first-order valence-electron chi connectivity index (χ1n) is 1.66. The summed E-state index contributed by atoms with van der Waals surface area (Å²) in [5.41, 5.74) is 0.370. The molecular weight excluding hydrogens is 80.0 g/mol. The van der Waals surface area contributed by atoms with E-state index in [1.54, 1.807) is 6.92 Å². The fraction of sp³-hybridized carbons (Fsp3) is 0.500. The third kappa shape index (κ3) is 1.93. The molecule has 0 unspecified atom stereocenters. The highest BCUT2D eigenvalue weighted by Crippen LogP contribution is 1.88. The van der Waals surface area contributed by atoms with Crippen LogP contribution in [0.4, 0.5) is 0 Å². The standard InChI is InChI=1S/C4H8O2/c1-3(2)4(5)6/h4-6H,1H2,2H3. The van der Waals surface area contributed by atoms with Crippen LogP contribution in [0.3, 0.4) is 0 Å². The molecule has 0 saturated carbocycles. The van der Waals surface area contributed by atoms with Crippen molar-refractivity contribution in [3.8, 4) is 0 Å². The molecule has 0 radical (unpaired) electrons. The molecule has 6 heavy (non-hydrogen) atoms. The van der Waals surface area contributed by atoms with E-state index in [1.165, 1.54) is 0 Å². The zero-order chi connectivity index (χ0) is 5.15. The lowest BCUT2D eigenvalue weighted by Gasteiger charge is -1.96. The average molecular weight is 88.1 g/mol. The minimum absolute atomic E-state index is 0.370. The molecule has 0 bridgehead atoms. The molecule has 36 valence electrons. The molecule has 0 atom stereocenters. The molecule has 0 amide bonds. The summed E-state index contributed by atoms with van der Waals surface area (Å²) in [5, 5.41) is 16.2. The van der Waals surface area contributed by atoms with Gasteiger partial charge in [0.15, 0.2) is 6.29 Å². The van der Waals surface area contributed by atoms with Crippen molar-refractivity contribution >= 4 is 0 Å². The van der Waals surface area contributed by atoms with Gasteiger partial charge in [0.1, 0.15) is 0 Å². The SMILES string of the molecule is C=C(C)C(O)O. The molecule has 0 aliphatic rings. The summed E-state index contributed by atoms with van der Waals surface area (Å²) < 4.78 is 0. The Bertz CT molecular complexity index is 56.6. The molecule has 0 aliphatic carbocycles. The van der Waals surface area contributed by atoms with E-state index in [1.807, 2.05) is 0 Å².